The van der Waals surface area contributed by atoms with E-state index in [0.29, 0.717) is 17.1 Å². The lowest BCUT2D eigenvalue weighted by Gasteiger charge is -2.28. The van der Waals surface area contributed by atoms with E-state index in [9.17, 15) is 13.5 Å². The van der Waals surface area contributed by atoms with Gasteiger partial charge in [0.25, 0.3) is 0 Å². The highest BCUT2D eigenvalue weighted by molar-refractivity contribution is 7.90. The Kier molecular flexibility index (Phi) is 5.38. The molecule has 0 aliphatic rings. The zero-order valence-corrected chi connectivity index (χ0v) is 13.0. The molecule has 1 unspecified atom stereocenters. The third-order valence-electron chi connectivity index (χ3n) is 3.30. The van der Waals surface area contributed by atoms with E-state index in [1.165, 1.54) is 0 Å². The summed E-state index contributed by atoms with van der Waals surface area (Å²) in [7, 11) is -3.32. The number of hydrogen-bond donors (Lipinski definition) is 2. The van der Waals surface area contributed by atoms with Crippen molar-refractivity contribution in [1.29, 1.82) is 0 Å². The third-order valence-corrected chi connectivity index (χ3v) is 4.83. The maximum atomic E-state index is 11.7. The van der Waals surface area contributed by atoms with Crippen LogP contribution < -0.4 is 5.32 Å². The van der Waals surface area contributed by atoms with Gasteiger partial charge in [-0.05, 0) is 25.5 Å². The van der Waals surface area contributed by atoms with E-state index >= 15 is 0 Å². The van der Waals surface area contributed by atoms with Gasteiger partial charge in [-0.1, -0.05) is 24.6 Å². The van der Waals surface area contributed by atoms with E-state index in [-0.39, 0.29) is 11.5 Å². The summed E-state index contributed by atoms with van der Waals surface area (Å²) in [6, 6.07) is 4.82. The van der Waals surface area contributed by atoms with Crippen LogP contribution in [0.3, 0.4) is 0 Å². The van der Waals surface area contributed by atoms with Crippen LogP contribution in [-0.2, 0) is 16.4 Å². The van der Waals surface area contributed by atoms with Crippen molar-refractivity contribution in [3.63, 3.8) is 0 Å². The Balaban J connectivity index is 3.08. The molecule has 0 radical (unpaired) electrons. The van der Waals surface area contributed by atoms with Crippen LogP contribution in [0.1, 0.15) is 25.8 Å². The van der Waals surface area contributed by atoms with Crippen LogP contribution in [-0.4, -0.2) is 31.9 Å². The lowest BCUT2D eigenvalue weighted by molar-refractivity contribution is 0.168. The lowest BCUT2D eigenvalue weighted by atomic mass is 10.00. The first kappa shape index (κ1) is 16.4. The molecule has 1 rings (SSSR count). The molecule has 0 amide bonds. The van der Waals surface area contributed by atoms with E-state index in [1.807, 2.05) is 13.8 Å². The Morgan fingerprint density at radius 1 is 1.42 bits per heavy atom. The summed E-state index contributed by atoms with van der Waals surface area (Å²) in [6.07, 6.45) is 1.88. The zero-order chi connectivity index (χ0) is 14.7. The van der Waals surface area contributed by atoms with Gasteiger partial charge in [-0.15, -0.1) is 0 Å². The Hall–Kier alpha value is -0.620. The minimum Gasteiger partial charge on any atom is -0.394 e. The average Bonchev–Trinajstić information content (AvgIpc) is 2.35. The standard InChI is InChI=1S/C13H20ClNO3S/c1-4-13(2,9-16)15-8-10-11(14)6-5-7-12(10)19(3,17)18/h5-7,15-16H,4,8-9H2,1-3H3. The van der Waals surface area contributed by atoms with Crippen LogP contribution in [0.2, 0.25) is 5.02 Å². The Morgan fingerprint density at radius 2 is 2.05 bits per heavy atom. The molecule has 0 aliphatic carbocycles. The van der Waals surface area contributed by atoms with Crippen molar-refractivity contribution in [1.82, 2.24) is 5.32 Å². The molecular formula is C13H20ClNO3S. The topological polar surface area (TPSA) is 66.4 Å². The second-order valence-electron chi connectivity index (χ2n) is 4.91. The summed E-state index contributed by atoms with van der Waals surface area (Å²) in [5.41, 5.74) is 0.0910. The van der Waals surface area contributed by atoms with E-state index in [1.54, 1.807) is 18.2 Å². The highest BCUT2D eigenvalue weighted by atomic mass is 35.5. The zero-order valence-electron chi connectivity index (χ0n) is 11.4. The van der Waals surface area contributed by atoms with Crippen molar-refractivity contribution in [3.05, 3.63) is 28.8 Å². The second-order valence-corrected chi connectivity index (χ2v) is 7.31. The van der Waals surface area contributed by atoms with Crippen LogP contribution >= 0.6 is 11.6 Å². The average molecular weight is 306 g/mol. The molecule has 0 heterocycles. The number of sulfone groups is 1. The maximum absolute atomic E-state index is 11.7. The van der Waals surface area contributed by atoms with Crippen molar-refractivity contribution in [3.8, 4) is 0 Å². The molecule has 1 aromatic rings. The molecule has 6 heteroatoms. The number of hydrogen-bond acceptors (Lipinski definition) is 4. The van der Waals surface area contributed by atoms with E-state index in [2.05, 4.69) is 5.32 Å². The first-order valence-corrected chi connectivity index (χ1v) is 8.34. The molecule has 19 heavy (non-hydrogen) atoms. The summed E-state index contributed by atoms with van der Waals surface area (Å²) in [5, 5.41) is 12.9. The minimum absolute atomic E-state index is 0.0256. The number of aliphatic hydroxyl groups excluding tert-OH is 1. The van der Waals surface area contributed by atoms with E-state index < -0.39 is 15.4 Å². The van der Waals surface area contributed by atoms with Gasteiger partial charge in [-0.25, -0.2) is 8.42 Å². The fraction of sp³-hybridized carbons (Fsp3) is 0.538. The van der Waals surface area contributed by atoms with Gasteiger partial charge in [-0.3, -0.25) is 0 Å². The van der Waals surface area contributed by atoms with Gasteiger partial charge in [0.2, 0.25) is 0 Å². The summed E-state index contributed by atoms with van der Waals surface area (Å²) in [5.74, 6) is 0. The van der Waals surface area contributed by atoms with Gasteiger partial charge in [0, 0.05) is 28.9 Å². The highest BCUT2D eigenvalue weighted by Crippen LogP contribution is 2.24. The molecule has 0 spiro atoms. The number of halogens is 1. The quantitative estimate of drug-likeness (QED) is 0.843. The molecule has 108 valence electrons. The van der Waals surface area contributed by atoms with Crippen LogP contribution in [0.25, 0.3) is 0 Å². The normalized spacial score (nSPS) is 15.2. The van der Waals surface area contributed by atoms with Gasteiger partial charge in [-0.2, -0.15) is 0 Å². The molecule has 0 aliphatic heterocycles. The van der Waals surface area contributed by atoms with Crippen LogP contribution in [0.4, 0.5) is 0 Å². The Bertz CT molecular complexity index is 539. The van der Waals surface area contributed by atoms with Crippen molar-refractivity contribution < 1.29 is 13.5 Å². The molecule has 1 aromatic carbocycles. The smallest absolute Gasteiger partial charge is 0.175 e. The number of benzene rings is 1. The molecule has 0 fully saturated rings. The molecule has 2 N–H and O–H groups in total. The molecular weight excluding hydrogens is 286 g/mol. The van der Waals surface area contributed by atoms with Gasteiger partial charge >= 0.3 is 0 Å². The van der Waals surface area contributed by atoms with Gasteiger partial charge in [0.05, 0.1) is 11.5 Å². The van der Waals surface area contributed by atoms with Crippen molar-refractivity contribution >= 4 is 21.4 Å². The lowest BCUT2D eigenvalue weighted by Crippen LogP contribution is -2.44. The van der Waals surface area contributed by atoms with Crippen LogP contribution in [0, 0.1) is 0 Å². The second kappa shape index (κ2) is 6.22. The minimum atomic E-state index is -3.32. The van der Waals surface area contributed by atoms with E-state index in [0.717, 1.165) is 12.7 Å². The molecule has 0 bridgehead atoms. The molecule has 0 saturated carbocycles. The van der Waals surface area contributed by atoms with Gasteiger partial charge < -0.3 is 10.4 Å². The predicted octanol–water partition coefficient (Wildman–Crippen LogP) is 1.99. The van der Waals surface area contributed by atoms with Crippen molar-refractivity contribution in [2.75, 3.05) is 12.9 Å². The third kappa shape index (κ3) is 4.18. The van der Waals surface area contributed by atoms with Gasteiger partial charge in [0.15, 0.2) is 9.84 Å². The molecule has 4 nitrogen and oxygen atoms in total. The summed E-state index contributed by atoms with van der Waals surface area (Å²) in [6.45, 7) is 4.10. The fourth-order valence-electron chi connectivity index (χ4n) is 1.65. The largest absolute Gasteiger partial charge is 0.394 e. The first-order valence-electron chi connectivity index (χ1n) is 6.07. The molecule has 0 saturated heterocycles. The number of aliphatic hydroxyl groups is 1. The van der Waals surface area contributed by atoms with Crippen molar-refractivity contribution in [2.24, 2.45) is 0 Å². The predicted molar refractivity (Wildman–Crippen MR) is 77.2 cm³/mol. The SMILES string of the molecule is CCC(C)(CO)NCc1c(Cl)cccc1S(C)(=O)=O. The fourth-order valence-corrected chi connectivity index (χ4v) is 2.91. The number of nitrogens with one attached hydrogen (secondary N) is 1. The number of rotatable bonds is 6. The Labute approximate surface area is 119 Å². The monoisotopic (exact) mass is 305 g/mol. The maximum Gasteiger partial charge on any atom is 0.175 e. The van der Waals surface area contributed by atoms with Crippen LogP contribution in [0.15, 0.2) is 23.1 Å². The van der Waals surface area contributed by atoms with E-state index in [4.69, 9.17) is 11.6 Å². The molecule has 0 aromatic heterocycles. The highest BCUT2D eigenvalue weighted by Gasteiger charge is 2.22. The molecule has 1 atom stereocenters. The van der Waals surface area contributed by atoms with Gasteiger partial charge in [0.1, 0.15) is 0 Å². The summed E-state index contributed by atoms with van der Waals surface area (Å²) in [4.78, 5) is 0.226. The first-order chi connectivity index (χ1) is 8.73. The van der Waals surface area contributed by atoms with Crippen molar-refractivity contribution in [2.45, 2.75) is 37.2 Å². The summed E-state index contributed by atoms with van der Waals surface area (Å²) >= 11 is 6.08. The Morgan fingerprint density at radius 3 is 2.53 bits per heavy atom. The summed E-state index contributed by atoms with van der Waals surface area (Å²) < 4.78 is 23.5. The van der Waals surface area contributed by atoms with Crippen LogP contribution in [0.5, 0.6) is 0 Å².